The third kappa shape index (κ3) is 4.16. The van der Waals surface area contributed by atoms with Crippen LogP contribution in [0, 0.1) is 0 Å². The smallest absolute Gasteiger partial charge is 0.227 e. The van der Waals surface area contributed by atoms with E-state index in [9.17, 15) is 4.79 Å². The number of hydrogen-bond donors (Lipinski definition) is 0. The zero-order chi connectivity index (χ0) is 15.0. The molecular weight excluding hydrogens is 254 g/mol. The van der Waals surface area contributed by atoms with E-state index < -0.39 is 0 Å². The first-order valence-electron chi connectivity index (χ1n) is 6.36. The van der Waals surface area contributed by atoms with Gasteiger partial charge in [0.05, 0.1) is 20.6 Å². The van der Waals surface area contributed by atoms with Crippen molar-refractivity contribution in [2.75, 3.05) is 27.3 Å². The molecule has 0 heterocycles. The molecule has 20 heavy (non-hydrogen) atoms. The summed E-state index contributed by atoms with van der Waals surface area (Å²) in [4.78, 5) is 13.9. The van der Waals surface area contributed by atoms with Crippen molar-refractivity contribution in [2.45, 2.75) is 6.42 Å². The summed E-state index contributed by atoms with van der Waals surface area (Å²) >= 11 is 0. The van der Waals surface area contributed by atoms with Crippen LogP contribution in [0.3, 0.4) is 0 Å². The summed E-state index contributed by atoms with van der Waals surface area (Å²) < 4.78 is 10.4. The van der Waals surface area contributed by atoms with Crippen LogP contribution in [-0.2, 0) is 11.2 Å². The van der Waals surface area contributed by atoms with Crippen LogP contribution in [0.2, 0.25) is 0 Å². The summed E-state index contributed by atoms with van der Waals surface area (Å²) in [6.07, 6.45) is 3.67. The van der Waals surface area contributed by atoms with Gasteiger partial charge in [-0.1, -0.05) is 18.2 Å². The second kappa shape index (κ2) is 8.04. The molecule has 0 fully saturated rings. The first kappa shape index (κ1) is 15.8. The molecule has 0 N–H and O–H groups in total. The van der Waals surface area contributed by atoms with Crippen molar-refractivity contribution in [3.63, 3.8) is 0 Å². The number of benzene rings is 1. The summed E-state index contributed by atoms with van der Waals surface area (Å²) in [5.41, 5.74) is 0.830. The van der Waals surface area contributed by atoms with Gasteiger partial charge in [0.25, 0.3) is 0 Å². The molecule has 0 atom stereocenters. The summed E-state index contributed by atoms with van der Waals surface area (Å²) in [5.74, 6) is 1.36. The highest BCUT2D eigenvalue weighted by atomic mass is 16.5. The zero-order valence-corrected chi connectivity index (χ0v) is 12.1. The lowest BCUT2D eigenvalue weighted by atomic mass is 10.1. The fourth-order valence-electron chi connectivity index (χ4n) is 1.86. The highest BCUT2D eigenvalue weighted by molar-refractivity contribution is 5.80. The van der Waals surface area contributed by atoms with Gasteiger partial charge < -0.3 is 14.4 Å². The molecule has 4 heteroatoms. The van der Waals surface area contributed by atoms with E-state index in [1.165, 1.54) is 0 Å². The van der Waals surface area contributed by atoms with E-state index in [0.29, 0.717) is 24.6 Å². The lowest BCUT2D eigenvalue weighted by Crippen LogP contribution is -2.32. The van der Waals surface area contributed by atoms with Crippen LogP contribution in [0.4, 0.5) is 0 Å². The van der Waals surface area contributed by atoms with E-state index in [0.717, 1.165) is 5.56 Å². The van der Waals surface area contributed by atoms with Gasteiger partial charge in [-0.3, -0.25) is 4.79 Å². The van der Waals surface area contributed by atoms with Crippen molar-refractivity contribution in [1.82, 2.24) is 4.90 Å². The Labute approximate surface area is 120 Å². The molecule has 108 valence electrons. The second-order valence-corrected chi connectivity index (χ2v) is 4.23. The molecule has 1 aromatic carbocycles. The Morgan fingerprint density at radius 2 is 1.85 bits per heavy atom. The summed E-state index contributed by atoms with van der Waals surface area (Å²) in [6, 6.07) is 5.43. The van der Waals surface area contributed by atoms with Crippen molar-refractivity contribution in [3.8, 4) is 11.5 Å². The predicted octanol–water partition coefficient (Wildman–Crippen LogP) is 2.45. The number of carbonyl (C=O) groups excluding carboxylic acids is 1. The SMILES string of the molecule is C=CCN(CC=C)C(=O)Cc1ccc(OC)cc1OC. The molecule has 0 saturated heterocycles. The van der Waals surface area contributed by atoms with Gasteiger partial charge >= 0.3 is 0 Å². The van der Waals surface area contributed by atoms with Crippen LogP contribution in [0.15, 0.2) is 43.5 Å². The van der Waals surface area contributed by atoms with E-state index >= 15 is 0 Å². The third-order valence-electron chi connectivity index (χ3n) is 2.89. The molecule has 0 radical (unpaired) electrons. The fourth-order valence-corrected chi connectivity index (χ4v) is 1.86. The van der Waals surface area contributed by atoms with Crippen molar-refractivity contribution >= 4 is 5.91 Å². The lowest BCUT2D eigenvalue weighted by Gasteiger charge is -2.20. The van der Waals surface area contributed by atoms with Gasteiger partial charge in [-0.25, -0.2) is 0 Å². The summed E-state index contributed by atoms with van der Waals surface area (Å²) in [6.45, 7) is 8.32. The standard InChI is InChI=1S/C16H21NO3/c1-5-9-17(10-6-2)16(18)11-13-7-8-14(19-3)12-15(13)20-4/h5-8,12H,1-2,9-11H2,3-4H3. The average molecular weight is 275 g/mol. The zero-order valence-electron chi connectivity index (χ0n) is 12.1. The van der Waals surface area contributed by atoms with E-state index in [4.69, 9.17) is 9.47 Å². The first-order chi connectivity index (χ1) is 9.65. The molecule has 4 nitrogen and oxygen atoms in total. The van der Waals surface area contributed by atoms with Crippen LogP contribution >= 0.6 is 0 Å². The summed E-state index contributed by atoms with van der Waals surface area (Å²) in [7, 11) is 3.17. The number of methoxy groups -OCH3 is 2. The maximum absolute atomic E-state index is 12.3. The van der Waals surface area contributed by atoms with Crippen molar-refractivity contribution in [2.24, 2.45) is 0 Å². The minimum Gasteiger partial charge on any atom is -0.497 e. The van der Waals surface area contributed by atoms with Crippen LogP contribution in [0.25, 0.3) is 0 Å². The topological polar surface area (TPSA) is 38.8 Å². The molecule has 0 spiro atoms. The Balaban J connectivity index is 2.87. The minimum atomic E-state index is 0.00765. The molecule has 0 aliphatic rings. The molecule has 0 aromatic heterocycles. The molecule has 1 rings (SSSR count). The van der Waals surface area contributed by atoms with Crippen LogP contribution in [0.5, 0.6) is 11.5 Å². The van der Waals surface area contributed by atoms with E-state index in [2.05, 4.69) is 13.2 Å². The predicted molar refractivity (Wildman–Crippen MR) is 80.2 cm³/mol. The maximum atomic E-state index is 12.3. The van der Waals surface area contributed by atoms with Gasteiger partial charge in [-0.05, 0) is 6.07 Å². The molecule has 0 unspecified atom stereocenters. The quantitative estimate of drug-likeness (QED) is 0.684. The van der Waals surface area contributed by atoms with E-state index in [-0.39, 0.29) is 12.3 Å². The molecule has 0 aliphatic heterocycles. The number of carbonyl (C=O) groups is 1. The molecule has 1 amide bonds. The Hall–Kier alpha value is -2.23. The molecular formula is C16H21NO3. The third-order valence-corrected chi connectivity index (χ3v) is 2.89. The second-order valence-electron chi connectivity index (χ2n) is 4.23. The Kier molecular flexibility index (Phi) is 6.37. The molecule has 0 saturated carbocycles. The van der Waals surface area contributed by atoms with E-state index in [1.807, 2.05) is 12.1 Å². The number of hydrogen-bond acceptors (Lipinski definition) is 3. The van der Waals surface area contributed by atoms with Gasteiger partial charge in [-0.2, -0.15) is 0 Å². The number of nitrogens with zero attached hydrogens (tertiary/aromatic N) is 1. The number of rotatable bonds is 8. The highest BCUT2D eigenvalue weighted by Gasteiger charge is 2.14. The van der Waals surface area contributed by atoms with Crippen LogP contribution in [0.1, 0.15) is 5.56 Å². The Bertz CT molecular complexity index is 473. The van der Waals surface area contributed by atoms with Gasteiger partial charge in [0.2, 0.25) is 5.91 Å². The van der Waals surface area contributed by atoms with Gasteiger partial charge in [-0.15, -0.1) is 13.2 Å². The molecule has 1 aromatic rings. The Morgan fingerprint density at radius 1 is 1.20 bits per heavy atom. The van der Waals surface area contributed by atoms with Crippen molar-refractivity contribution in [1.29, 1.82) is 0 Å². The number of amides is 1. The van der Waals surface area contributed by atoms with Crippen LogP contribution < -0.4 is 9.47 Å². The largest absolute Gasteiger partial charge is 0.497 e. The van der Waals surface area contributed by atoms with Crippen molar-refractivity contribution < 1.29 is 14.3 Å². The van der Waals surface area contributed by atoms with Crippen molar-refractivity contribution in [3.05, 3.63) is 49.1 Å². The van der Waals surface area contributed by atoms with E-state index in [1.54, 1.807) is 37.3 Å². The van der Waals surface area contributed by atoms with Crippen LogP contribution in [-0.4, -0.2) is 38.1 Å². The monoisotopic (exact) mass is 275 g/mol. The molecule has 0 bridgehead atoms. The van der Waals surface area contributed by atoms with Gasteiger partial charge in [0, 0.05) is 24.7 Å². The maximum Gasteiger partial charge on any atom is 0.227 e. The Morgan fingerprint density at radius 3 is 2.35 bits per heavy atom. The van der Waals surface area contributed by atoms with Gasteiger partial charge in [0.15, 0.2) is 0 Å². The fraction of sp³-hybridized carbons (Fsp3) is 0.312. The highest BCUT2D eigenvalue weighted by Crippen LogP contribution is 2.25. The molecule has 0 aliphatic carbocycles. The lowest BCUT2D eigenvalue weighted by molar-refractivity contribution is -0.129. The van der Waals surface area contributed by atoms with Gasteiger partial charge in [0.1, 0.15) is 11.5 Å². The first-order valence-corrected chi connectivity index (χ1v) is 6.36. The minimum absolute atomic E-state index is 0.00765. The normalized spacial score (nSPS) is 9.70. The summed E-state index contributed by atoms with van der Waals surface area (Å²) in [5, 5.41) is 0. The number of ether oxygens (including phenoxy) is 2. The average Bonchev–Trinajstić information content (AvgIpc) is 2.47.